The predicted octanol–water partition coefficient (Wildman–Crippen LogP) is 1.99. The average Bonchev–Trinajstić information content (AvgIpc) is 2.37. The van der Waals surface area contributed by atoms with E-state index in [0.717, 1.165) is 12.1 Å². The maximum atomic E-state index is 13.5. The SMILES string of the molecule is CCCN(CC(=O)OC)C(=O)c1ccc(F)cc1F. The Bertz CT molecular complexity index is 477. The van der Waals surface area contributed by atoms with Crippen LogP contribution in [0.2, 0.25) is 0 Å². The first-order valence-electron chi connectivity index (χ1n) is 5.80. The van der Waals surface area contributed by atoms with E-state index in [4.69, 9.17) is 0 Å². The highest BCUT2D eigenvalue weighted by Crippen LogP contribution is 2.12. The number of hydrogen-bond acceptors (Lipinski definition) is 3. The lowest BCUT2D eigenvalue weighted by atomic mass is 10.1. The highest BCUT2D eigenvalue weighted by atomic mass is 19.1. The number of carbonyl (C=O) groups excluding carboxylic acids is 2. The minimum atomic E-state index is -0.948. The number of esters is 1. The summed E-state index contributed by atoms with van der Waals surface area (Å²) in [5, 5.41) is 0. The van der Waals surface area contributed by atoms with Crippen molar-refractivity contribution < 1.29 is 23.1 Å². The van der Waals surface area contributed by atoms with E-state index in [2.05, 4.69) is 4.74 Å². The van der Waals surface area contributed by atoms with Crippen LogP contribution in [0, 0.1) is 11.6 Å². The Morgan fingerprint density at radius 1 is 1.32 bits per heavy atom. The highest BCUT2D eigenvalue weighted by molar-refractivity contribution is 5.96. The number of hydrogen-bond donors (Lipinski definition) is 0. The molecule has 0 fully saturated rings. The Hall–Kier alpha value is -1.98. The summed E-state index contributed by atoms with van der Waals surface area (Å²) < 4.78 is 30.8. The molecular weight excluding hydrogens is 256 g/mol. The molecule has 0 saturated heterocycles. The molecule has 0 spiro atoms. The first-order valence-corrected chi connectivity index (χ1v) is 5.80. The Balaban J connectivity index is 2.95. The second-order valence-corrected chi connectivity index (χ2v) is 3.93. The smallest absolute Gasteiger partial charge is 0.325 e. The number of nitrogens with zero attached hydrogens (tertiary/aromatic N) is 1. The lowest BCUT2D eigenvalue weighted by Crippen LogP contribution is -2.37. The zero-order valence-corrected chi connectivity index (χ0v) is 10.8. The van der Waals surface area contributed by atoms with Crippen LogP contribution in [0.25, 0.3) is 0 Å². The van der Waals surface area contributed by atoms with Crippen LogP contribution >= 0.6 is 0 Å². The van der Waals surface area contributed by atoms with Crippen LogP contribution in [0.3, 0.4) is 0 Å². The summed E-state index contributed by atoms with van der Waals surface area (Å²) in [5.74, 6) is -2.96. The van der Waals surface area contributed by atoms with Gasteiger partial charge < -0.3 is 9.64 Å². The maximum Gasteiger partial charge on any atom is 0.325 e. The zero-order chi connectivity index (χ0) is 14.4. The van der Waals surface area contributed by atoms with Gasteiger partial charge in [0.2, 0.25) is 0 Å². The maximum absolute atomic E-state index is 13.5. The molecule has 0 saturated carbocycles. The lowest BCUT2D eigenvalue weighted by Gasteiger charge is -2.21. The lowest BCUT2D eigenvalue weighted by molar-refractivity contribution is -0.141. The zero-order valence-electron chi connectivity index (χ0n) is 10.8. The Morgan fingerprint density at radius 2 is 2.00 bits per heavy atom. The van der Waals surface area contributed by atoms with E-state index in [1.807, 2.05) is 6.92 Å². The van der Waals surface area contributed by atoms with E-state index in [9.17, 15) is 18.4 Å². The molecule has 1 amide bonds. The average molecular weight is 271 g/mol. The fourth-order valence-corrected chi connectivity index (χ4v) is 1.58. The number of amides is 1. The molecule has 4 nitrogen and oxygen atoms in total. The van der Waals surface area contributed by atoms with Crippen molar-refractivity contribution in [3.8, 4) is 0 Å². The summed E-state index contributed by atoms with van der Waals surface area (Å²) >= 11 is 0. The molecule has 1 rings (SSSR count). The molecule has 0 heterocycles. The van der Waals surface area contributed by atoms with Crippen molar-refractivity contribution in [2.45, 2.75) is 13.3 Å². The summed E-state index contributed by atoms with van der Waals surface area (Å²) in [5.41, 5.74) is -0.265. The van der Waals surface area contributed by atoms with Crippen LogP contribution in [0.5, 0.6) is 0 Å². The number of methoxy groups -OCH3 is 1. The van der Waals surface area contributed by atoms with Crippen LogP contribution in [-0.4, -0.2) is 37.0 Å². The van der Waals surface area contributed by atoms with Gasteiger partial charge in [-0.05, 0) is 18.6 Å². The van der Waals surface area contributed by atoms with Crippen molar-refractivity contribution in [2.75, 3.05) is 20.2 Å². The molecule has 0 N–H and O–H groups in total. The Morgan fingerprint density at radius 3 is 2.53 bits per heavy atom. The van der Waals surface area contributed by atoms with Crippen molar-refractivity contribution in [1.82, 2.24) is 4.90 Å². The van der Waals surface area contributed by atoms with E-state index >= 15 is 0 Å². The first-order chi connectivity index (χ1) is 8.99. The van der Waals surface area contributed by atoms with Crippen molar-refractivity contribution >= 4 is 11.9 Å². The third-order valence-corrected chi connectivity index (χ3v) is 2.49. The largest absolute Gasteiger partial charge is 0.468 e. The number of halogens is 2. The summed E-state index contributed by atoms with van der Waals surface area (Å²) in [6.45, 7) is 1.84. The molecule has 0 aliphatic carbocycles. The van der Waals surface area contributed by atoms with Gasteiger partial charge in [-0.2, -0.15) is 0 Å². The molecule has 104 valence electrons. The molecule has 0 atom stereocenters. The van der Waals surface area contributed by atoms with Crippen molar-refractivity contribution in [3.63, 3.8) is 0 Å². The summed E-state index contributed by atoms with van der Waals surface area (Å²) in [6, 6.07) is 2.70. The van der Waals surface area contributed by atoms with Gasteiger partial charge in [0.1, 0.15) is 18.2 Å². The van der Waals surface area contributed by atoms with Gasteiger partial charge in [0, 0.05) is 12.6 Å². The number of rotatable bonds is 5. The van der Waals surface area contributed by atoms with E-state index in [1.165, 1.54) is 12.0 Å². The fourth-order valence-electron chi connectivity index (χ4n) is 1.58. The summed E-state index contributed by atoms with van der Waals surface area (Å²) in [4.78, 5) is 24.4. The van der Waals surface area contributed by atoms with E-state index in [0.29, 0.717) is 12.5 Å². The number of ether oxygens (including phenoxy) is 1. The van der Waals surface area contributed by atoms with Gasteiger partial charge in [0.25, 0.3) is 5.91 Å². The van der Waals surface area contributed by atoms with Gasteiger partial charge in [0.15, 0.2) is 0 Å². The molecule has 0 bridgehead atoms. The molecule has 0 aliphatic rings. The molecule has 0 radical (unpaired) electrons. The van der Waals surface area contributed by atoms with Gasteiger partial charge in [-0.3, -0.25) is 9.59 Å². The number of benzene rings is 1. The van der Waals surface area contributed by atoms with Crippen molar-refractivity contribution in [2.24, 2.45) is 0 Å². The molecule has 6 heteroatoms. The van der Waals surface area contributed by atoms with E-state index < -0.39 is 23.5 Å². The molecule has 0 unspecified atom stereocenters. The van der Waals surface area contributed by atoms with Crippen LogP contribution in [0.15, 0.2) is 18.2 Å². The topological polar surface area (TPSA) is 46.6 Å². The van der Waals surface area contributed by atoms with Crippen molar-refractivity contribution in [1.29, 1.82) is 0 Å². The van der Waals surface area contributed by atoms with E-state index in [1.54, 1.807) is 0 Å². The second kappa shape index (κ2) is 6.82. The fraction of sp³-hybridized carbons (Fsp3) is 0.385. The van der Waals surface area contributed by atoms with Gasteiger partial charge in [-0.1, -0.05) is 6.92 Å². The monoisotopic (exact) mass is 271 g/mol. The first kappa shape index (κ1) is 15.1. The Labute approximate surface area is 110 Å². The second-order valence-electron chi connectivity index (χ2n) is 3.93. The Kier molecular flexibility index (Phi) is 5.41. The molecule has 0 aliphatic heterocycles. The molecule has 19 heavy (non-hydrogen) atoms. The highest BCUT2D eigenvalue weighted by Gasteiger charge is 2.21. The predicted molar refractivity (Wildman–Crippen MR) is 64.6 cm³/mol. The van der Waals surface area contributed by atoms with Gasteiger partial charge in [0.05, 0.1) is 12.7 Å². The van der Waals surface area contributed by atoms with Gasteiger partial charge in [-0.25, -0.2) is 8.78 Å². The van der Waals surface area contributed by atoms with E-state index in [-0.39, 0.29) is 18.7 Å². The molecule has 1 aromatic rings. The minimum absolute atomic E-state index is 0.264. The summed E-state index contributed by atoms with van der Waals surface area (Å²) in [7, 11) is 1.20. The van der Waals surface area contributed by atoms with Crippen LogP contribution in [0.4, 0.5) is 8.78 Å². The minimum Gasteiger partial charge on any atom is -0.468 e. The standard InChI is InChI=1S/C13H15F2NO3/c1-3-6-16(8-12(17)19-2)13(18)10-5-4-9(14)7-11(10)15/h4-5,7H,3,6,8H2,1-2H3. The van der Waals surface area contributed by atoms with Crippen LogP contribution in [0.1, 0.15) is 23.7 Å². The molecule has 0 aromatic heterocycles. The summed E-state index contributed by atoms with van der Waals surface area (Å²) in [6.07, 6.45) is 0.603. The number of carbonyl (C=O) groups is 2. The van der Waals surface area contributed by atoms with Crippen LogP contribution < -0.4 is 0 Å². The van der Waals surface area contributed by atoms with Gasteiger partial charge >= 0.3 is 5.97 Å². The molecular formula is C13H15F2NO3. The van der Waals surface area contributed by atoms with Crippen LogP contribution in [-0.2, 0) is 9.53 Å². The van der Waals surface area contributed by atoms with Gasteiger partial charge in [-0.15, -0.1) is 0 Å². The van der Waals surface area contributed by atoms with Crippen molar-refractivity contribution in [3.05, 3.63) is 35.4 Å². The third kappa shape index (κ3) is 4.01. The quantitative estimate of drug-likeness (QED) is 0.769. The third-order valence-electron chi connectivity index (χ3n) is 2.49. The normalized spacial score (nSPS) is 10.1. The molecule has 1 aromatic carbocycles.